The Morgan fingerprint density at radius 1 is 1.17 bits per heavy atom. The van der Waals surface area contributed by atoms with E-state index in [0.717, 1.165) is 42.1 Å². The van der Waals surface area contributed by atoms with Crippen LogP contribution in [0.3, 0.4) is 0 Å². The molecule has 8 nitrogen and oxygen atoms in total. The number of aryl methyl sites for hydroxylation is 1. The van der Waals surface area contributed by atoms with E-state index < -0.39 is 23.6 Å². The van der Waals surface area contributed by atoms with Gasteiger partial charge in [-0.25, -0.2) is 8.78 Å². The number of anilines is 1. The molecule has 0 amide bonds. The Labute approximate surface area is 236 Å². The zero-order valence-corrected chi connectivity index (χ0v) is 23.0. The molecule has 3 aliphatic heterocycles. The van der Waals surface area contributed by atoms with Crippen molar-refractivity contribution in [3.63, 3.8) is 0 Å². The molecule has 0 bridgehead atoms. The fraction of sp³-hybridized carbons (Fsp3) is 0.452. The Bertz CT molecular complexity index is 1650. The fourth-order valence-electron chi connectivity index (χ4n) is 7.07. The van der Waals surface area contributed by atoms with E-state index in [-0.39, 0.29) is 29.6 Å². The molecular formula is C31H33F2N5O3. The molecule has 41 heavy (non-hydrogen) atoms. The molecule has 0 saturated carbocycles. The Kier molecular flexibility index (Phi) is 6.43. The van der Waals surface area contributed by atoms with E-state index in [1.807, 2.05) is 30.0 Å². The van der Waals surface area contributed by atoms with Crippen LogP contribution in [0.25, 0.3) is 32.9 Å². The SMILES string of the molecule is CCc1cccc2cc(O)cc(-c3ncc4c(N5CC[C@@H](O)C5)nc(OC[C@@]56CCCN5C[C@H](F)C6)nc4c3F)c12. The molecule has 2 aromatic carbocycles. The van der Waals surface area contributed by atoms with Crippen molar-refractivity contribution in [1.82, 2.24) is 19.9 Å². The lowest BCUT2D eigenvalue weighted by atomic mass is 9.95. The summed E-state index contributed by atoms with van der Waals surface area (Å²) < 4.78 is 37.1. The number of ether oxygens (including phenoxy) is 1. The third kappa shape index (κ3) is 4.44. The van der Waals surface area contributed by atoms with Crippen molar-refractivity contribution >= 4 is 27.5 Å². The van der Waals surface area contributed by atoms with E-state index in [1.54, 1.807) is 12.3 Å². The number of aromatic hydroxyl groups is 1. The lowest BCUT2D eigenvalue weighted by Crippen LogP contribution is -2.43. The molecule has 0 radical (unpaired) electrons. The summed E-state index contributed by atoms with van der Waals surface area (Å²) >= 11 is 0. The Hall–Kier alpha value is -3.63. The standard InChI is InChI=1S/C31H33F2N5O3/c1-2-18-5-3-6-19-11-22(40)12-23(25(18)19)27-26(33)28-24(14-34-27)29(37-10-7-21(39)16-37)36-30(35-28)41-17-31-8-4-9-38(31)15-20(32)13-31/h3,5-6,11-12,14,20-21,39-40H,2,4,7-10,13,15-17H2,1H3/t20-,21-,31+/m1/s1. The monoisotopic (exact) mass is 561 g/mol. The van der Waals surface area contributed by atoms with E-state index >= 15 is 4.39 Å². The van der Waals surface area contributed by atoms with Gasteiger partial charge in [0.25, 0.3) is 0 Å². The molecule has 214 valence electrons. The van der Waals surface area contributed by atoms with Crippen molar-refractivity contribution in [2.24, 2.45) is 0 Å². The number of pyridine rings is 1. The van der Waals surface area contributed by atoms with Crippen LogP contribution in [0.4, 0.5) is 14.6 Å². The third-order valence-electron chi connectivity index (χ3n) is 9.02. The number of nitrogens with zero attached hydrogens (tertiary/aromatic N) is 5. The van der Waals surface area contributed by atoms with Crippen LogP contribution in [0, 0.1) is 5.82 Å². The Morgan fingerprint density at radius 3 is 2.85 bits per heavy atom. The summed E-state index contributed by atoms with van der Waals surface area (Å²) in [5, 5.41) is 22.8. The van der Waals surface area contributed by atoms with Crippen LogP contribution in [0.1, 0.15) is 38.2 Å². The van der Waals surface area contributed by atoms with Gasteiger partial charge >= 0.3 is 6.01 Å². The number of fused-ring (bicyclic) bond motifs is 3. The number of aliphatic hydroxyl groups is 1. The predicted octanol–water partition coefficient (Wildman–Crippen LogP) is 4.78. The summed E-state index contributed by atoms with van der Waals surface area (Å²) in [5.74, 6) is -0.174. The molecular weight excluding hydrogens is 528 g/mol. The van der Waals surface area contributed by atoms with Gasteiger partial charge in [0.15, 0.2) is 5.82 Å². The zero-order valence-electron chi connectivity index (χ0n) is 23.0. The first-order valence-electron chi connectivity index (χ1n) is 14.4. The van der Waals surface area contributed by atoms with E-state index in [0.29, 0.717) is 49.2 Å². The number of aliphatic hydroxyl groups excluding tert-OH is 1. The number of benzene rings is 2. The van der Waals surface area contributed by atoms with Crippen molar-refractivity contribution in [3.8, 4) is 23.0 Å². The maximum atomic E-state index is 16.6. The number of phenols is 1. The Morgan fingerprint density at radius 2 is 2.05 bits per heavy atom. The first kappa shape index (κ1) is 26.3. The molecule has 10 heteroatoms. The number of halogens is 2. The summed E-state index contributed by atoms with van der Waals surface area (Å²) in [6.07, 6.45) is 3.66. The minimum Gasteiger partial charge on any atom is -0.508 e. The molecule has 3 fully saturated rings. The molecule has 2 aromatic heterocycles. The molecule has 3 atom stereocenters. The van der Waals surface area contributed by atoms with Crippen molar-refractivity contribution in [2.45, 2.75) is 56.8 Å². The van der Waals surface area contributed by atoms with Crippen LogP contribution in [0.2, 0.25) is 0 Å². The predicted molar refractivity (Wildman–Crippen MR) is 153 cm³/mol. The number of hydrogen-bond donors (Lipinski definition) is 2. The maximum Gasteiger partial charge on any atom is 0.319 e. The molecule has 2 N–H and O–H groups in total. The molecule has 0 unspecified atom stereocenters. The van der Waals surface area contributed by atoms with Gasteiger partial charge in [-0.15, -0.1) is 0 Å². The van der Waals surface area contributed by atoms with Gasteiger partial charge in [-0.05, 0) is 60.7 Å². The summed E-state index contributed by atoms with van der Waals surface area (Å²) in [4.78, 5) is 17.8. The van der Waals surface area contributed by atoms with Crippen molar-refractivity contribution in [3.05, 3.63) is 47.9 Å². The minimum absolute atomic E-state index is 0.0171. The van der Waals surface area contributed by atoms with Crippen LogP contribution >= 0.6 is 0 Å². The largest absolute Gasteiger partial charge is 0.508 e. The van der Waals surface area contributed by atoms with Gasteiger partial charge in [-0.2, -0.15) is 9.97 Å². The first-order chi connectivity index (χ1) is 19.8. The number of hydrogen-bond acceptors (Lipinski definition) is 8. The average molecular weight is 562 g/mol. The van der Waals surface area contributed by atoms with Gasteiger partial charge in [-0.3, -0.25) is 9.88 Å². The Balaban J connectivity index is 1.36. The van der Waals surface area contributed by atoms with Crippen molar-refractivity contribution in [1.29, 1.82) is 0 Å². The summed E-state index contributed by atoms with van der Waals surface area (Å²) in [6, 6.07) is 9.02. The molecule has 5 heterocycles. The summed E-state index contributed by atoms with van der Waals surface area (Å²) in [5.41, 5.74) is 1.23. The van der Waals surface area contributed by atoms with Crippen LogP contribution in [0.15, 0.2) is 36.5 Å². The highest BCUT2D eigenvalue weighted by molar-refractivity contribution is 6.01. The van der Waals surface area contributed by atoms with E-state index in [4.69, 9.17) is 4.74 Å². The molecule has 4 aromatic rings. The number of phenolic OH excluding ortho intramolecular Hbond substituents is 1. The smallest absolute Gasteiger partial charge is 0.319 e. The molecule has 0 aliphatic carbocycles. The number of alkyl halides is 1. The van der Waals surface area contributed by atoms with E-state index in [9.17, 15) is 14.6 Å². The average Bonchev–Trinajstić information content (AvgIpc) is 3.64. The van der Waals surface area contributed by atoms with Gasteiger partial charge in [-0.1, -0.05) is 25.1 Å². The van der Waals surface area contributed by atoms with Gasteiger partial charge < -0.3 is 19.8 Å². The number of rotatable bonds is 6. The van der Waals surface area contributed by atoms with Crippen molar-refractivity contribution < 1.29 is 23.7 Å². The highest BCUT2D eigenvalue weighted by Gasteiger charge is 2.49. The van der Waals surface area contributed by atoms with Gasteiger partial charge in [0.2, 0.25) is 0 Å². The summed E-state index contributed by atoms with van der Waals surface area (Å²) in [6.45, 7) is 4.39. The van der Waals surface area contributed by atoms with Crippen LogP contribution in [-0.2, 0) is 6.42 Å². The first-order valence-corrected chi connectivity index (χ1v) is 14.4. The fourth-order valence-corrected chi connectivity index (χ4v) is 7.07. The molecule has 3 aliphatic rings. The second kappa shape index (κ2) is 10.0. The number of aromatic nitrogens is 3. The molecule has 7 rings (SSSR count). The summed E-state index contributed by atoms with van der Waals surface area (Å²) in [7, 11) is 0. The molecule has 3 saturated heterocycles. The second-order valence-corrected chi connectivity index (χ2v) is 11.6. The normalized spacial score (nSPS) is 24.5. The third-order valence-corrected chi connectivity index (χ3v) is 9.02. The number of β-amino-alcohol motifs (C(OH)–C–C–N with tert-alkyl or cyclic N) is 1. The van der Waals surface area contributed by atoms with Crippen LogP contribution in [0.5, 0.6) is 11.8 Å². The van der Waals surface area contributed by atoms with Gasteiger partial charge in [0.1, 0.15) is 35.6 Å². The lowest BCUT2D eigenvalue weighted by Gasteiger charge is -2.31. The minimum atomic E-state index is -0.894. The van der Waals surface area contributed by atoms with Crippen LogP contribution in [-0.4, -0.2) is 80.7 Å². The highest BCUT2D eigenvalue weighted by atomic mass is 19.1. The van der Waals surface area contributed by atoms with Gasteiger partial charge in [0.05, 0.1) is 17.0 Å². The maximum absolute atomic E-state index is 16.6. The van der Waals surface area contributed by atoms with E-state index in [1.165, 1.54) is 6.07 Å². The van der Waals surface area contributed by atoms with Crippen molar-refractivity contribution in [2.75, 3.05) is 37.7 Å². The second-order valence-electron chi connectivity index (χ2n) is 11.6. The lowest BCUT2D eigenvalue weighted by molar-refractivity contribution is 0.107. The highest BCUT2D eigenvalue weighted by Crippen LogP contribution is 2.41. The van der Waals surface area contributed by atoms with E-state index in [2.05, 4.69) is 19.9 Å². The quantitative estimate of drug-likeness (QED) is 0.348. The zero-order chi connectivity index (χ0) is 28.3. The van der Waals surface area contributed by atoms with Gasteiger partial charge in [0, 0.05) is 37.8 Å². The topological polar surface area (TPSA) is 94.8 Å². The molecule has 0 spiro atoms. The van der Waals surface area contributed by atoms with Crippen LogP contribution < -0.4 is 9.64 Å².